The van der Waals surface area contributed by atoms with E-state index in [2.05, 4.69) is 40.3 Å². The number of rotatable bonds is 4. The van der Waals surface area contributed by atoms with E-state index in [1.807, 2.05) is 6.92 Å². The van der Waals surface area contributed by atoms with Crippen molar-refractivity contribution >= 4 is 34.9 Å². The maximum atomic E-state index is 5.34. The lowest BCUT2D eigenvalue weighted by Gasteiger charge is -2.36. The van der Waals surface area contributed by atoms with E-state index in [1.54, 1.807) is 0 Å². The van der Waals surface area contributed by atoms with Crippen LogP contribution in [0, 0.1) is 11.8 Å². The zero-order chi connectivity index (χ0) is 18.5. The monoisotopic (exact) mass is 376 g/mol. The van der Waals surface area contributed by atoms with Crippen LogP contribution in [-0.4, -0.2) is 47.8 Å². The summed E-state index contributed by atoms with van der Waals surface area (Å²) in [4.78, 5) is 14.3. The lowest BCUT2D eigenvalue weighted by molar-refractivity contribution is 0.355. The number of thiocarbonyl (C=S) groups is 1. The molecule has 144 valence electrons. The zero-order valence-corrected chi connectivity index (χ0v) is 17.1. The van der Waals surface area contributed by atoms with Crippen molar-refractivity contribution in [2.24, 2.45) is 11.8 Å². The Morgan fingerprint density at radius 2 is 1.69 bits per heavy atom. The molecule has 2 atom stereocenters. The highest BCUT2D eigenvalue weighted by Gasteiger charge is 2.24. The van der Waals surface area contributed by atoms with Crippen molar-refractivity contribution in [1.29, 1.82) is 0 Å². The standard InChI is InChI=1S/C19H32N6S/c1-4-20-19(26)23-18-21-16(24-8-6-5-7-9-24)11-17(22-18)25-12-14(2)10-15(3)13-25/h11,14-15H,4-10,12-13H2,1-3H3,(H2,20,21,22,23,26)/t14-,15+. The third kappa shape index (κ3) is 4.96. The highest BCUT2D eigenvalue weighted by atomic mass is 32.1. The van der Waals surface area contributed by atoms with Crippen molar-refractivity contribution in [3.05, 3.63) is 6.07 Å². The Hall–Kier alpha value is -1.63. The summed E-state index contributed by atoms with van der Waals surface area (Å²) < 4.78 is 0. The number of piperidine rings is 2. The van der Waals surface area contributed by atoms with Crippen molar-refractivity contribution in [3.8, 4) is 0 Å². The maximum absolute atomic E-state index is 5.34. The second-order valence-corrected chi connectivity index (χ2v) is 8.20. The molecule has 26 heavy (non-hydrogen) atoms. The van der Waals surface area contributed by atoms with Crippen LogP contribution in [0.2, 0.25) is 0 Å². The lowest BCUT2D eigenvalue weighted by Crippen LogP contribution is -2.40. The highest BCUT2D eigenvalue weighted by molar-refractivity contribution is 7.80. The van der Waals surface area contributed by atoms with E-state index >= 15 is 0 Å². The van der Waals surface area contributed by atoms with Crippen molar-refractivity contribution in [2.75, 3.05) is 47.8 Å². The first-order valence-corrected chi connectivity index (χ1v) is 10.4. The molecule has 0 radical (unpaired) electrons. The van der Waals surface area contributed by atoms with Crippen LogP contribution >= 0.6 is 12.2 Å². The lowest BCUT2D eigenvalue weighted by atomic mass is 9.92. The van der Waals surface area contributed by atoms with Gasteiger partial charge in [-0.2, -0.15) is 9.97 Å². The molecule has 0 aromatic carbocycles. The molecule has 3 heterocycles. The molecule has 0 spiro atoms. The summed E-state index contributed by atoms with van der Waals surface area (Å²) in [6.07, 6.45) is 5.06. The summed E-state index contributed by atoms with van der Waals surface area (Å²) in [7, 11) is 0. The van der Waals surface area contributed by atoms with Crippen LogP contribution in [0.15, 0.2) is 6.07 Å². The van der Waals surface area contributed by atoms with E-state index < -0.39 is 0 Å². The third-order valence-electron chi connectivity index (χ3n) is 5.13. The Kier molecular flexibility index (Phi) is 6.51. The molecule has 0 amide bonds. The quantitative estimate of drug-likeness (QED) is 0.782. The Morgan fingerprint density at radius 1 is 1.08 bits per heavy atom. The van der Waals surface area contributed by atoms with E-state index in [-0.39, 0.29) is 0 Å². The Labute approximate surface area is 162 Å². The van der Waals surface area contributed by atoms with Gasteiger partial charge in [0.15, 0.2) is 5.11 Å². The summed E-state index contributed by atoms with van der Waals surface area (Å²) in [6.45, 7) is 11.7. The first kappa shape index (κ1) is 19.1. The van der Waals surface area contributed by atoms with Gasteiger partial charge in [-0.05, 0) is 56.7 Å². The summed E-state index contributed by atoms with van der Waals surface area (Å²) in [5, 5.41) is 6.87. The van der Waals surface area contributed by atoms with Gasteiger partial charge in [-0.3, -0.25) is 0 Å². The molecule has 2 N–H and O–H groups in total. The SMILES string of the molecule is CCNC(=S)Nc1nc(N2CCCCC2)cc(N2C[C@H](C)C[C@H](C)C2)n1. The molecule has 0 saturated carbocycles. The van der Waals surface area contributed by atoms with Gasteiger partial charge >= 0.3 is 0 Å². The summed E-state index contributed by atoms with van der Waals surface area (Å²) in [6, 6.07) is 2.16. The van der Waals surface area contributed by atoms with Gasteiger partial charge in [-0.25, -0.2) is 0 Å². The molecular weight excluding hydrogens is 344 g/mol. The molecule has 2 aliphatic rings. The third-order valence-corrected chi connectivity index (χ3v) is 5.38. The second-order valence-electron chi connectivity index (χ2n) is 7.79. The number of nitrogens with zero attached hydrogens (tertiary/aromatic N) is 4. The molecule has 7 heteroatoms. The molecule has 2 fully saturated rings. The van der Waals surface area contributed by atoms with Gasteiger partial charge in [0.2, 0.25) is 5.95 Å². The first-order valence-electron chi connectivity index (χ1n) is 9.99. The van der Waals surface area contributed by atoms with Crippen LogP contribution in [0.3, 0.4) is 0 Å². The second kappa shape index (κ2) is 8.84. The largest absolute Gasteiger partial charge is 0.363 e. The van der Waals surface area contributed by atoms with Crippen LogP contribution in [0.5, 0.6) is 0 Å². The van der Waals surface area contributed by atoms with E-state index in [9.17, 15) is 0 Å². The number of nitrogens with one attached hydrogen (secondary N) is 2. The maximum Gasteiger partial charge on any atom is 0.232 e. The van der Waals surface area contributed by atoms with Gasteiger partial charge in [0, 0.05) is 38.8 Å². The minimum Gasteiger partial charge on any atom is -0.363 e. The van der Waals surface area contributed by atoms with Crippen LogP contribution in [-0.2, 0) is 0 Å². The fourth-order valence-electron chi connectivity index (χ4n) is 4.08. The van der Waals surface area contributed by atoms with Gasteiger partial charge in [0.25, 0.3) is 0 Å². The Bertz CT molecular complexity index is 606. The molecule has 0 aliphatic carbocycles. The molecular formula is C19H32N6S. The van der Waals surface area contributed by atoms with Crippen molar-refractivity contribution < 1.29 is 0 Å². The van der Waals surface area contributed by atoms with Gasteiger partial charge in [0.05, 0.1) is 0 Å². The number of aromatic nitrogens is 2. The van der Waals surface area contributed by atoms with Gasteiger partial charge in [-0.15, -0.1) is 0 Å². The van der Waals surface area contributed by atoms with Gasteiger partial charge in [-0.1, -0.05) is 13.8 Å². The highest BCUT2D eigenvalue weighted by Crippen LogP contribution is 2.29. The normalized spacial score (nSPS) is 23.7. The Morgan fingerprint density at radius 3 is 2.31 bits per heavy atom. The molecule has 1 aromatic heterocycles. The van der Waals surface area contributed by atoms with Crippen LogP contribution in [0.1, 0.15) is 46.5 Å². The minimum atomic E-state index is 0.578. The number of hydrogen-bond acceptors (Lipinski definition) is 5. The van der Waals surface area contributed by atoms with E-state index in [4.69, 9.17) is 22.2 Å². The average molecular weight is 377 g/mol. The van der Waals surface area contributed by atoms with Crippen molar-refractivity contribution in [2.45, 2.75) is 46.5 Å². The van der Waals surface area contributed by atoms with Crippen molar-refractivity contribution in [1.82, 2.24) is 15.3 Å². The van der Waals surface area contributed by atoms with Crippen LogP contribution in [0.4, 0.5) is 17.6 Å². The topological polar surface area (TPSA) is 56.3 Å². The van der Waals surface area contributed by atoms with Crippen LogP contribution in [0.25, 0.3) is 0 Å². The molecule has 0 unspecified atom stereocenters. The van der Waals surface area contributed by atoms with E-state index in [0.717, 1.165) is 44.4 Å². The number of hydrogen-bond donors (Lipinski definition) is 2. The molecule has 2 aliphatic heterocycles. The fraction of sp³-hybridized carbons (Fsp3) is 0.737. The minimum absolute atomic E-state index is 0.578. The Balaban J connectivity index is 1.87. The van der Waals surface area contributed by atoms with Crippen molar-refractivity contribution in [3.63, 3.8) is 0 Å². The zero-order valence-electron chi connectivity index (χ0n) is 16.3. The average Bonchev–Trinajstić information content (AvgIpc) is 2.61. The predicted octanol–water partition coefficient (Wildman–Crippen LogP) is 3.26. The van der Waals surface area contributed by atoms with Gasteiger partial charge < -0.3 is 20.4 Å². The first-order chi connectivity index (χ1) is 12.5. The molecule has 0 bridgehead atoms. The molecule has 3 rings (SSSR count). The summed E-state index contributed by atoms with van der Waals surface area (Å²) in [5.41, 5.74) is 0. The summed E-state index contributed by atoms with van der Waals surface area (Å²) in [5.74, 6) is 4.00. The van der Waals surface area contributed by atoms with E-state index in [0.29, 0.717) is 22.9 Å². The predicted molar refractivity (Wildman–Crippen MR) is 113 cm³/mol. The molecule has 1 aromatic rings. The molecule has 6 nitrogen and oxygen atoms in total. The summed E-state index contributed by atoms with van der Waals surface area (Å²) >= 11 is 5.34. The van der Waals surface area contributed by atoms with Crippen LogP contribution < -0.4 is 20.4 Å². The smallest absolute Gasteiger partial charge is 0.232 e. The molecule has 2 saturated heterocycles. The van der Waals surface area contributed by atoms with Gasteiger partial charge in [0.1, 0.15) is 11.6 Å². The van der Waals surface area contributed by atoms with E-state index in [1.165, 1.54) is 25.7 Å². The number of anilines is 3. The fourth-order valence-corrected chi connectivity index (χ4v) is 4.32.